The van der Waals surface area contributed by atoms with E-state index in [-0.39, 0.29) is 5.41 Å². The van der Waals surface area contributed by atoms with E-state index >= 15 is 0 Å². The summed E-state index contributed by atoms with van der Waals surface area (Å²) in [5.41, 5.74) is 0.817. The first-order chi connectivity index (χ1) is 9.91. The number of rotatable bonds is 5. The van der Waals surface area contributed by atoms with Gasteiger partial charge in [0.05, 0.1) is 5.41 Å². The van der Waals surface area contributed by atoms with Crippen molar-refractivity contribution in [2.24, 2.45) is 22.2 Å². The van der Waals surface area contributed by atoms with E-state index < -0.39 is 0 Å². The molecule has 118 valence electrons. The molecule has 4 bridgehead atoms. The van der Waals surface area contributed by atoms with Crippen molar-refractivity contribution in [2.75, 3.05) is 13.1 Å². The fourth-order valence-corrected chi connectivity index (χ4v) is 6.63. The van der Waals surface area contributed by atoms with Crippen LogP contribution in [-0.4, -0.2) is 25.0 Å². The molecule has 2 unspecified atom stereocenters. The van der Waals surface area contributed by atoms with Crippen molar-refractivity contribution in [1.29, 1.82) is 0 Å². The zero-order valence-corrected chi connectivity index (χ0v) is 13.6. The average Bonchev–Trinajstić information content (AvgIpc) is 3.13. The fraction of sp³-hybridized carbons (Fsp3) is 0.944. The molecule has 5 rings (SSSR count). The van der Waals surface area contributed by atoms with E-state index in [1.807, 2.05) is 0 Å². The minimum absolute atomic E-state index is 0.0392. The summed E-state index contributed by atoms with van der Waals surface area (Å²) in [6.07, 6.45) is 10.1. The van der Waals surface area contributed by atoms with Gasteiger partial charge >= 0.3 is 0 Å². The van der Waals surface area contributed by atoms with E-state index in [1.54, 1.807) is 0 Å². The summed E-state index contributed by atoms with van der Waals surface area (Å²) in [5, 5.41) is 6.74. The van der Waals surface area contributed by atoms with Crippen LogP contribution in [0.1, 0.15) is 65.2 Å². The Labute approximate surface area is 128 Å². The topological polar surface area (TPSA) is 41.1 Å². The molecule has 21 heavy (non-hydrogen) atoms. The average molecular weight is 290 g/mol. The SMILES string of the molecule is CC12CC3CC(C)(C1)CC(C(=O)NCCNC1CC1)(C3)C2. The first kappa shape index (κ1) is 14.0. The summed E-state index contributed by atoms with van der Waals surface area (Å²) in [6.45, 7) is 6.61. The van der Waals surface area contributed by atoms with Crippen LogP contribution >= 0.6 is 0 Å². The van der Waals surface area contributed by atoms with Gasteiger partial charge in [0.25, 0.3) is 0 Å². The summed E-state index contributed by atoms with van der Waals surface area (Å²) >= 11 is 0. The number of hydrogen-bond donors (Lipinski definition) is 2. The Morgan fingerprint density at radius 3 is 2.24 bits per heavy atom. The van der Waals surface area contributed by atoms with Crippen LogP contribution in [-0.2, 0) is 4.79 Å². The highest BCUT2D eigenvalue weighted by Gasteiger charge is 2.62. The highest BCUT2D eigenvalue weighted by atomic mass is 16.2. The van der Waals surface area contributed by atoms with Crippen molar-refractivity contribution in [3.05, 3.63) is 0 Å². The molecule has 0 saturated heterocycles. The molecule has 0 aliphatic heterocycles. The Morgan fingerprint density at radius 2 is 1.67 bits per heavy atom. The van der Waals surface area contributed by atoms with Crippen LogP contribution < -0.4 is 10.6 Å². The van der Waals surface area contributed by atoms with E-state index in [0.29, 0.717) is 16.7 Å². The lowest BCUT2D eigenvalue weighted by atomic mass is 9.40. The second-order valence-corrected chi connectivity index (χ2v) is 9.39. The van der Waals surface area contributed by atoms with Crippen LogP contribution in [0.3, 0.4) is 0 Å². The van der Waals surface area contributed by atoms with E-state index in [0.717, 1.165) is 44.3 Å². The minimum Gasteiger partial charge on any atom is -0.354 e. The second-order valence-electron chi connectivity index (χ2n) is 9.39. The van der Waals surface area contributed by atoms with Gasteiger partial charge in [0.1, 0.15) is 0 Å². The van der Waals surface area contributed by atoms with Crippen molar-refractivity contribution in [1.82, 2.24) is 10.6 Å². The fourth-order valence-electron chi connectivity index (χ4n) is 6.63. The van der Waals surface area contributed by atoms with Gasteiger partial charge in [0, 0.05) is 19.1 Å². The molecule has 2 atom stereocenters. The Balaban J connectivity index is 1.42. The molecule has 5 aliphatic rings. The Bertz CT molecular complexity index is 438. The summed E-state index contributed by atoms with van der Waals surface area (Å²) in [5.74, 6) is 1.16. The molecule has 1 amide bonds. The zero-order chi connectivity index (χ0) is 14.7. The number of nitrogens with one attached hydrogen (secondary N) is 2. The molecule has 5 fully saturated rings. The molecule has 0 radical (unpaired) electrons. The molecule has 0 aromatic rings. The predicted molar refractivity (Wildman–Crippen MR) is 83.9 cm³/mol. The van der Waals surface area contributed by atoms with Crippen LogP contribution in [0.15, 0.2) is 0 Å². The third-order valence-corrected chi connectivity index (χ3v) is 6.53. The smallest absolute Gasteiger partial charge is 0.226 e. The van der Waals surface area contributed by atoms with Gasteiger partial charge in [-0.15, -0.1) is 0 Å². The maximum absolute atomic E-state index is 12.9. The largest absolute Gasteiger partial charge is 0.354 e. The Kier molecular flexibility index (Phi) is 2.99. The minimum atomic E-state index is -0.0392. The number of carbonyl (C=O) groups excluding carboxylic acids is 1. The molecule has 0 aromatic heterocycles. The van der Waals surface area contributed by atoms with Crippen LogP contribution in [0.5, 0.6) is 0 Å². The Hall–Kier alpha value is -0.570. The van der Waals surface area contributed by atoms with Gasteiger partial charge in [-0.3, -0.25) is 4.79 Å². The van der Waals surface area contributed by atoms with Crippen molar-refractivity contribution in [2.45, 2.75) is 71.3 Å². The second kappa shape index (κ2) is 4.47. The van der Waals surface area contributed by atoms with Crippen LogP contribution in [0.2, 0.25) is 0 Å². The van der Waals surface area contributed by atoms with Gasteiger partial charge < -0.3 is 10.6 Å². The first-order valence-corrected chi connectivity index (χ1v) is 8.92. The van der Waals surface area contributed by atoms with Crippen LogP contribution in [0, 0.1) is 22.2 Å². The first-order valence-electron chi connectivity index (χ1n) is 8.92. The summed E-state index contributed by atoms with van der Waals surface area (Å²) in [6, 6.07) is 0.735. The van der Waals surface area contributed by atoms with Crippen LogP contribution in [0.4, 0.5) is 0 Å². The Morgan fingerprint density at radius 1 is 1.00 bits per heavy atom. The van der Waals surface area contributed by atoms with Crippen molar-refractivity contribution < 1.29 is 4.79 Å². The van der Waals surface area contributed by atoms with Crippen molar-refractivity contribution in [3.63, 3.8) is 0 Å². The standard InChI is InChI=1S/C18H30N2O/c1-16-7-13-8-17(2,10-16)12-18(9-13,11-16)15(21)20-6-5-19-14-3-4-14/h13-14,19H,3-12H2,1-2H3,(H,20,21). The molecular formula is C18H30N2O. The van der Waals surface area contributed by atoms with E-state index in [9.17, 15) is 4.79 Å². The lowest BCUT2D eigenvalue weighted by Gasteiger charge is -2.64. The molecule has 0 heterocycles. The van der Waals surface area contributed by atoms with Gasteiger partial charge in [-0.25, -0.2) is 0 Å². The van der Waals surface area contributed by atoms with Gasteiger partial charge in [-0.1, -0.05) is 13.8 Å². The van der Waals surface area contributed by atoms with Gasteiger partial charge in [-0.05, 0) is 68.1 Å². The predicted octanol–water partition coefficient (Wildman–Crippen LogP) is 2.85. The third kappa shape index (κ3) is 2.52. The molecule has 2 N–H and O–H groups in total. The van der Waals surface area contributed by atoms with Gasteiger partial charge in [-0.2, -0.15) is 0 Å². The van der Waals surface area contributed by atoms with E-state index in [2.05, 4.69) is 24.5 Å². The maximum Gasteiger partial charge on any atom is 0.226 e. The number of hydrogen-bond acceptors (Lipinski definition) is 2. The molecule has 0 aromatic carbocycles. The summed E-state index contributed by atoms with van der Waals surface area (Å²) in [4.78, 5) is 12.9. The van der Waals surface area contributed by atoms with Gasteiger partial charge in [0.15, 0.2) is 0 Å². The number of carbonyl (C=O) groups is 1. The maximum atomic E-state index is 12.9. The molecule has 3 nitrogen and oxygen atoms in total. The number of amides is 1. The van der Waals surface area contributed by atoms with E-state index in [4.69, 9.17) is 0 Å². The highest BCUT2D eigenvalue weighted by Crippen LogP contribution is 2.69. The van der Waals surface area contributed by atoms with Crippen molar-refractivity contribution >= 4 is 5.91 Å². The lowest BCUT2D eigenvalue weighted by molar-refractivity contribution is -0.170. The van der Waals surface area contributed by atoms with Crippen LogP contribution in [0.25, 0.3) is 0 Å². The molecule has 3 heteroatoms. The molecule has 5 saturated carbocycles. The third-order valence-electron chi connectivity index (χ3n) is 6.53. The summed E-state index contributed by atoms with van der Waals surface area (Å²) in [7, 11) is 0. The van der Waals surface area contributed by atoms with Gasteiger partial charge in [0.2, 0.25) is 5.91 Å². The molecular weight excluding hydrogens is 260 g/mol. The lowest BCUT2D eigenvalue weighted by Crippen LogP contribution is -2.60. The molecule has 5 aliphatic carbocycles. The molecule has 0 spiro atoms. The quantitative estimate of drug-likeness (QED) is 0.765. The normalized spacial score (nSPS) is 47.6. The monoisotopic (exact) mass is 290 g/mol. The highest BCUT2D eigenvalue weighted by molar-refractivity contribution is 5.83. The zero-order valence-electron chi connectivity index (χ0n) is 13.6. The summed E-state index contributed by atoms with van der Waals surface area (Å²) < 4.78 is 0. The van der Waals surface area contributed by atoms with E-state index in [1.165, 1.54) is 32.1 Å². The van der Waals surface area contributed by atoms with Crippen molar-refractivity contribution in [3.8, 4) is 0 Å².